The van der Waals surface area contributed by atoms with E-state index >= 15 is 0 Å². The second kappa shape index (κ2) is 4.88. The molecule has 0 aromatic heterocycles. The maximum absolute atomic E-state index is 13.0. The second-order valence-electron chi connectivity index (χ2n) is 4.59. The third kappa shape index (κ3) is 2.67. The van der Waals surface area contributed by atoms with E-state index in [-0.39, 0.29) is 6.10 Å². The van der Waals surface area contributed by atoms with Crippen LogP contribution >= 0.6 is 0 Å². The molecule has 1 aliphatic heterocycles. The first-order valence-corrected chi connectivity index (χ1v) is 6.15. The van der Waals surface area contributed by atoms with Gasteiger partial charge in [0.15, 0.2) is 0 Å². The summed E-state index contributed by atoms with van der Waals surface area (Å²) in [5, 5.41) is 3.00. The zero-order chi connectivity index (χ0) is 13.2. The van der Waals surface area contributed by atoms with Gasteiger partial charge >= 0.3 is 0 Å². The van der Waals surface area contributed by atoms with E-state index in [0.717, 1.165) is 18.2 Å². The van der Waals surface area contributed by atoms with Crippen molar-refractivity contribution in [3.05, 3.63) is 59.7 Å². The lowest BCUT2D eigenvalue weighted by molar-refractivity contribution is 0.246. The van der Waals surface area contributed by atoms with Gasteiger partial charge in [-0.15, -0.1) is 0 Å². The van der Waals surface area contributed by atoms with E-state index in [1.165, 1.54) is 17.7 Å². The molecule has 2 aromatic carbocycles. The SMILES string of the molecule is Fc1cc(F)cc(NCC2Cc3ccccc3O2)c1. The number of nitrogens with one attached hydrogen (secondary N) is 1. The summed E-state index contributed by atoms with van der Waals surface area (Å²) in [5.41, 5.74) is 1.59. The maximum atomic E-state index is 13.0. The zero-order valence-electron chi connectivity index (χ0n) is 10.2. The van der Waals surface area contributed by atoms with Crippen LogP contribution in [0.25, 0.3) is 0 Å². The molecule has 19 heavy (non-hydrogen) atoms. The van der Waals surface area contributed by atoms with E-state index in [0.29, 0.717) is 12.2 Å². The minimum absolute atomic E-state index is 0.0104. The molecule has 0 spiro atoms. The number of anilines is 1. The van der Waals surface area contributed by atoms with Gasteiger partial charge in [0.2, 0.25) is 0 Å². The van der Waals surface area contributed by atoms with Gasteiger partial charge in [-0.2, -0.15) is 0 Å². The van der Waals surface area contributed by atoms with Crippen LogP contribution in [0.4, 0.5) is 14.5 Å². The van der Waals surface area contributed by atoms with Crippen LogP contribution in [0, 0.1) is 11.6 Å². The standard InChI is InChI=1S/C15H13F2NO/c16-11-6-12(17)8-13(7-11)18-9-14-5-10-3-1-2-4-15(10)19-14/h1-4,6-8,14,18H,5,9H2. The molecule has 0 saturated heterocycles. The fraction of sp³-hybridized carbons (Fsp3) is 0.200. The van der Waals surface area contributed by atoms with Crippen LogP contribution in [0.15, 0.2) is 42.5 Å². The topological polar surface area (TPSA) is 21.3 Å². The summed E-state index contributed by atoms with van der Waals surface area (Å²) >= 11 is 0. The molecule has 1 heterocycles. The number of halogens is 2. The number of rotatable bonds is 3. The lowest BCUT2D eigenvalue weighted by Crippen LogP contribution is -2.24. The molecule has 98 valence electrons. The van der Waals surface area contributed by atoms with E-state index in [1.807, 2.05) is 24.3 Å². The lowest BCUT2D eigenvalue weighted by atomic mass is 10.1. The number of para-hydroxylation sites is 1. The molecular formula is C15H13F2NO. The van der Waals surface area contributed by atoms with E-state index in [4.69, 9.17) is 4.74 Å². The molecule has 2 aromatic rings. The molecule has 2 nitrogen and oxygen atoms in total. The number of hydrogen-bond acceptors (Lipinski definition) is 2. The smallest absolute Gasteiger partial charge is 0.128 e. The summed E-state index contributed by atoms with van der Waals surface area (Å²) in [6.07, 6.45) is 0.796. The van der Waals surface area contributed by atoms with Crippen molar-refractivity contribution in [2.24, 2.45) is 0 Å². The van der Waals surface area contributed by atoms with E-state index < -0.39 is 11.6 Å². The molecule has 0 fully saturated rings. The minimum Gasteiger partial charge on any atom is -0.488 e. The van der Waals surface area contributed by atoms with Crippen LogP contribution < -0.4 is 10.1 Å². The predicted octanol–water partition coefficient (Wildman–Crippen LogP) is 3.38. The predicted molar refractivity (Wildman–Crippen MR) is 69.4 cm³/mol. The molecule has 1 aliphatic rings. The molecule has 0 bridgehead atoms. The lowest BCUT2D eigenvalue weighted by Gasteiger charge is -2.13. The van der Waals surface area contributed by atoms with Crippen LogP contribution in [0.2, 0.25) is 0 Å². The monoisotopic (exact) mass is 261 g/mol. The fourth-order valence-corrected chi connectivity index (χ4v) is 2.26. The number of fused-ring (bicyclic) bond motifs is 1. The first kappa shape index (κ1) is 12.0. The molecule has 1 N–H and O–H groups in total. The van der Waals surface area contributed by atoms with Crippen molar-refractivity contribution in [3.8, 4) is 5.75 Å². The third-order valence-corrected chi connectivity index (χ3v) is 3.11. The van der Waals surface area contributed by atoms with Crippen molar-refractivity contribution in [2.45, 2.75) is 12.5 Å². The first-order chi connectivity index (χ1) is 9.20. The van der Waals surface area contributed by atoms with Gasteiger partial charge in [0.1, 0.15) is 23.5 Å². The summed E-state index contributed by atoms with van der Waals surface area (Å²) < 4.78 is 31.8. The number of ether oxygens (including phenoxy) is 1. The number of benzene rings is 2. The summed E-state index contributed by atoms with van der Waals surface area (Å²) in [6, 6.07) is 11.2. The summed E-state index contributed by atoms with van der Waals surface area (Å²) in [7, 11) is 0. The van der Waals surface area contributed by atoms with Crippen LogP contribution in [0.1, 0.15) is 5.56 Å². The summed E-state index contributed by atoms with van der Waals surface area (Å²) in [5.74, 6) is -0.282. The highest BCUT2D eigenvalue weighted by molar-refractivity contribution is 5.44. The van der Waals surface area contributed by atoms with Gasteiger partial charge in [-0.3, -0.25) is 0 Å². The second-order valence-corrected chi connectivity index (χ2v) is 4.59. The molecule has 1 atom stereocenters. The van der Waals surface area contributed by atoms with Crippen molar-refractivity contribution in [1.82, 2.24) is 0 Å². The van der Waals surface area contributed by atoms with Gasteiger partial charge in [0.25, 0.3) is 0 Å². The Labute approximate surface area is 110 Å². The Morgan fingerprint density at radius 3 is 2.58 bits per heavy atom. The normalized spacial score (nSPS) is 16.8. The minimum atomic E-state index is -0.585. The van der Waals surface area contributed by atoms with Crippen LogP contribution in [-0.2, 0) is 6.42 Å². The molecule has 1 unspecified atom stereocenters. The van der Waals surface area contributed by atoms with Crippen LogP contribution in [0.3, 0.4) is 0 Å². The Bertz CT molecular complexity index is 555. The average molecular weight is 261 g/mol. The number of hydrogen-bond donors (Lipinski definition) is 1. The molecular weight excluding hydrogens is 248 g/mol. The maximum Gasteiger partial charge on any atom is 0.128 e. The third-order valence-electron chi connectivity index (χ3n) is 3.11. The van der Waals surface area contributed by atoms with Crippen molar-refractivity contribution in [3.63, 3.8) is 0 Å². The van der Waals surface area contributed by atoms with Crippen LogP contribution in [0.5, 0.6) is 5.75 Å². The van der Waals surface area contributed by atoms with Crippen molar-refractivity contribution >= 4 is 5.69 Å². The van der Waals surface area contributed by atoms with E-state index in [1.54, 1.807) is 0 Å². The van der Waals surface area contributed by atoms with Gasteiger partial charge < -0.3 is 10.1 Å². The van der Waals surface area contributed by atoms with Gasteiger partial charge in [-0.1, -0.05) is 18.2 Å². The fourth-order valence-electron chi connectivity index (χ4n) is 2.26. The van der Waals surface area contributed by atoms with Crippen LogP contribution in [-0.4, -0.2) is 12.6 Å². The highest BCUT2D eigenvalue weighted by atomic mass is 19.1. The highest BCUT2D eigenvalue weighted by Gasteiger charge is 2.21. The van der Waals surface area contributed by atoms with E-state index in [2.05, 4.69) is 5.32 Å². The Hall–Kier alpha value is -2.10. The molecule has 0 amide bonds. The Balaban J connectivity index is 1.62. The quantitative estimate of drug-likeness (QED) is 0.914. The summed E-state index contributed by atoms with van der Waals surface area (Å²) in [6.45, 7) is 0.511. The Morgan fingerprint density at radius 1 is 1.11 bits per heavy atom. The van der Waals surface area contributed by atoms with Crippen molar-refractivity contribution < 1.29 is 13.5 Å². The average Bonchev–Trinajstić information content (AvgIpc) is 2.78. The van der Waals surface area contributed by atoms with E-state index in [9.17, 15) is 8.78 Å². The Kier molecular flexibility index (Phi) is 3.07. The Morgan fingerprint density at radius 2 is 1.84 bits per heavy atom. The van der Waals surface area contributed by atoms with Gasteiger partial charge in [0.05, 0.1) is 6.54 Å². The highest BCUT2D eigenvalue weighted by Crippen LogP contribution is 2.28. The molecule has 4 heteroatoms. The van der Waals surface area contributed by atoms with Crippen molar-refractivity contribution in [2.75, 3.05) is 11.9 Å². The summed E-state index contributed by atoms with van der Waals surface area (Å²) in [4.78, 5) is 0. The molecule has 0 saturated carbocycles. The first-order valence-electron chi connectivity index (χ1n) is 6.15. The van der Waals surface area contributed by atoms with Gasteiger partial charge in [0, 0.05) is 18.2 Å². The van der Waals surface area contributed by atoms with Crippen molar-refractivity contribution in [1.29, 1.82) is 0 Å². The zero-order valence-corrected chi connectivity index (χ0v) is 10.2. The van der Waals surface area contributed by atoms with Gasteiger partial charge in [-0.05, 0) is 23.8 Å². The molecule has 3 rings (SSSR count). The van der Waals surface area contributed by atoms with Gasteiger partial charge in [-0.25, -0.2) is 8.78 Å². The molecule has 0 aliphatic carbocycles. The molecule has 0 radical (unpaired) electrons. The largest absolute Gasteiger partial charge is 0.488 e.